The number of piperidine rings is 1. The van der Waals surface area contributed by atoms with E-state index in [1.54, 1.807) is 17.9 Å². The fraction of sp³-hybridized carbons (Fsp3) is 0.333. The van der Waals surface area contributed by atoms with Gasteiger partial charge in [0.2, 0.25) is 0 Å². The number of hydrogen-bond donors (Lipinski definition) is 0. The van der Waals surface area contributed by atoms with Crippen LogP contribution in [0.4, 0.5) is 4.39 Å². The van der Waals surface area contributed by atoms with Crippen LogP contribution in [-0.2, 0) is 16.1 Å². The number of aryl methyl sites for hydroxylation is 1. The number of carbonyl (C=O) groups is 3. The lowest BCUT2D eigenvalue weighted by atomic mass is 9.96. The van der Waals surface area contributed by atoms with E-state index in [2.05, 4.69) is 4.99 Å². The van der Waals surface area contributed by atoms with Gasteiger partial charge in [0.25, 0.3) is 11.8 Å². The Kier molecular flexibility index (Phi) is 8.10. The molecule has 0 aliphatic carbocycles. The van der Waals surface area contributed by atoms with Crippen molar-refractivity contribution in [2.45, 2.75) is 33.2 Å². The smallest absolute Gasteiger partial charge is 0.309 e. The summed E-state index contributed by atoms with van der Waals surface area (Å²) in [7, 11) is 0. The Morgan fingerprint density at radius 3 is 2.50 bits per heavy atom. The highest BCUT2D eigenvalue weighted by Crippen LogP contribution is 2.21. The molecule has 1 fully saturated rings. The standard InChI is InChI=1S/C27H28FN3O4S/c1-3-35-26(34)21-11-13-30(14-12-21)25(33)22-6-4-5-19(15-22)16-31-18(2)17-36-27(31)29-24(32)20-7-9-23(28)10-8-20/h4-10,15,17,21H,3,11-14,16H2,1-2H3. The number of carbonyl (C=O) groups excluding carboxylic acids is 3. The van der Waals surface area contributed by atoms with Gasteiger partial charge in [-0.2, -0.15) is 4.99 Å². The maximum Gasteiger partial charge on any atom is 0.309 e. The van der Waals surface area contributed by atoms with Crippen molar-refractivity contribution in [3.8, 4) is 0 Å². The van der Waals surface area contributed by atoms with Crippen LogP contribution >= 0.6 is 11.3 Å². The number of nitrogens with zero attached hydrogens (tertiary/aromatic N) is 3. The molecule has 0 saturated carbocycles. The Bertz CT molecular complexity index is 1320. The van der Waals surface area contributed by atoms with Gasteiger partial charge in [-0.3, -0.25) is 14.4 Å². The van der Waals surface area contributed by atoms with E-state index < -0.39 is 11.7 Å². The van der Waals surface area contributed by atoms with E-state index in [-0.39, 0.29) is 17.8 Å². The molecule has 0 bridgehead atoms. The number of esters is 1. The van der Waals surface area contributed by atoms with Crippen LogP contribution in [0.15, 0.2) is 58.9 Å². The molecule has 3 aromatic rings. The van der Waals surface area contributed by atoms with E-state index in [0.29, 0.717) is 55.0 Å². The SMILES string of the molecule is CCOC(=O)C1CCN(C(=O)c2cccc(Cn3c(C)csc3=NC(=O)c3ccc(F)cc3)c2)CC1. The molecule has 188 valence electrons. The van der Waals surface area contributed by atoms with Gasteiger partial charge in [-0.05, 0) is 68.7 Å². The molecule has 0 atom stereocenters. The molecule has 0 radical (unpaired) electrons. The summed E-state index contributed by atoms with van der Waals surface area (Å²) in [5.41, 5.74) is 2.73. The number of ether oxygens (including phenoxy) is 1. The Morgan fingerprint density at radius 2 is 1.81 bits per heavy atom. The first kappa shape index (κ1) is 25.5. The van der Waals surface area contributed by atoms with Crippen LogP contribution in [0.5, 0.6) is 0 Å². The lowest BCUT2D eigenvalue weighted by molar-refractivity contribution is -0.149. The van der Waals surface area contributed by atoms with Crippen molar-refractivity contribution in [2.24, 2.45) is 10.9 Å². The summed E-state index contributed by atoms with van der Waals surface area (Å²) in [5, 5.41) is 1.92. The second kappa shape index (κ2) is 11.4. The molecule has 2 heterocycles. The van der Waals surface area contributed by atoms with E-state index in [1.165, 1.54) is 35.6 Å². The Balaban J connectivity index is 1.48. The van der Waals surface area contributed by atoms with E-state index in [4.69, 9.17) is 4.74 Å². The van der Waals surface area contributed by atoms with Crippen molar-refractivity contribution >= 4 is 29.1 Å². The maximum atomic E-state index is 13.2. The molecule has 2 amide bonds. The number of thiazole rings is 1. The lowest BCUT2D eigenvalue weighted by Crippen LogP contribution is -2.40. The van der Waals surface area contributed by atoms with Gasteiger partial charge in [-0.25, -0.2) is 4.39 Å². The summed E-state index contributed by atoms with van der Waals surface area (Å²) in [4.78, 5) is 44.3. The van der Waals surface area contributed by atoms with Gasteiger partial charge in [0.1, 0.15) is 5.82 Å². The van der Waals surface area contributed by atoms with Crippen LogP contribution in [0.1, 0.15) is 51.7 Å². The first-order valence-electron chi connectivity index (χ1n) is 11.9. The molecule has 0 N–H and O–H groups in total. The van der Waals surface area contributed by atoms with E-state index in [9.17, 15) is 18.8 Å². The molecule has 2 aromatic carbocycles. The van der Waals surface area contributed by atoms with Gasteiger partial charge < -0.3 is 14.2 Å². The number of benzene rings is 2. The molecule has 36 heavy (non-hydrogen) atoms. The third-order valence-corrected chi connectivity index (χ3v) is 7.18. The predicted molar refractivity (Wildman–Crippen MR) is 134 cm³/mol. The van der Waals surface area contributed by atoms with E-state index >= 15 is 0 Å². The number of hydrogen-bond acceptors (Lipinski definition) is 5. The minimum absolute atomic E-state index is 0.0670. The van der Waals surface area contributed by atoms with Crippen molar-refractivity contribution in [1.29, 1.82) is 0 Å². The molecule has 7 nitrogen and oxygen atoms in total. The minimum Gasteiger partial charge on any atom is -0.466 e. The van der Waals surface area contributed by atoms with Crippen molar-refractivity contribution in [3.05, 3.63) is 86.9 Å². The summed E-state index contributed by atoms with van der Waals surface area (Å²) in [6.45, 7) is 5.55. The molecule has 1 aromatic heterocycles. The summed E-state index contributed by atoms with van der Waals surface area (Å²) in [5.74, 6) is -1.26. The second-order valence-corrected chi connectivity index (χ2v) is 9.53. The summed E-state index contributed by atoms with van der Waals surface area (Å²) in [6.07, 6.45) is 1.20. The highest BCUT2D eigenvalue weighted by atomic mass is 32.1. The summed E-state index contributed by atoms with van der Waals surface area (Å²) in [6, 6.07) is 12.7. The first-order chi connectivity index (χ1) is 17.4. The third-order valence-electron chi connectivity index (χ3n) is 6.20. The van der Waals surface area contributed by atoms with Gasteiger partial charge in [0.05, 0.1) is 19.1 Å². The van der Waals surface area contributed by atoms with Crippen LogP contribution in [0.2, 0.25) is 0 Å². The van der Waals surface area contributed by atoms with Crippen molar-refractivity contribution in [3.63, 3.8) is 0 Å². The highest BCUT2D eigenvalue weighted by molar-refractivity contribution is 7.07. The van der Waals surface area contributed by atoms with Crippen LogP contribution in [0.3, 0.4) is 0 Å². The fourth-order valence-electron chi connectivity index (χ4n) is 4.19. The number of amides is 2. The molecule has 0 spiro atoms. The van der Waals surface area contributed by atoms with Gasteiger partial charge in [-0.1, -0.05) is 12.1 Å². The number of rotatable bonds is 6. The molecule has 0 unspecified atom stereocenters. The first-order valence-corrected chi connectivity index (χ1v) is 12.8. The monoisotopic (exact) mass is 509 g/mol. The molecule has 1 aliphatic heterocycles. The van der Waals surface area contributed by atoms with Crippen LogP contribution < -0.4 is 4.80 Å². The normalized spacial score (nSPS) is 14.6. The van der Waals surface area contributed by atoms with Crippen LogP contribution in [-0.4, -0.2) is 46.9 Å². The number of aromatic nitrogens is 1. The van der Waals surface area contributed by atoms with E-state index in [0.717, 1.165) is 11.3 Å². The van der Waals surface area contributed by atoms with Gasteiger partial charge >= 0.3 is 5.97 Å². The maximum absolute atomic E-state index is 13.2. The molecule has 4 rings (SSSR count). The van der Waals surface area contributed by atoms with Crippen molar-refractivity contribution in [2.75, 3.05) is 19.7 Å². The average Bonchev–Trinajstić information content (AvgIpc) is 3.22. The average molecular weight is 510 g/mol. The lowest BCUT2D eigenvalue weighted by Gasteiger charge is -2.31. The van der Waals surface area contributed by atoms with Crippen LogP contribution in [0.25, 0.3) is 0 Å². The molecule has 1 saturated heterocycles. The van der Waals surface area contributed by atoms with E-state index in [1.807, 2.05) is 35.1 Å². The fourth-order valence-corrected chi connectivity index (χ4v) is 5.06. The largest absolute Gasteiger partial charge is 0.466 e. The van der Waals surface area contributed by atoms with Crippen molar-refractivity contribution < 1.29 is 23.5 Å². The van der Waals surface area contributed by atoms with Crippen LogP contribution in [0, 0.1) is 18.7 Å². The molecular formula is C27H28FN3O4S. The molecule has 9 heteroatoms. The number of halogens is 1. The van der Waals surface area contributed by atoms with Crippen molar-refractivity contribution in [1.82, 2.24) is 9.47 Å². The third kappa shape index (κ3) is 5.96. The molecule has 1 aliphatic rings. The van der Waals surface area contributed by atoms with Gasteiger partial charge in [0.15, 0.2) is 4.80 Å². The summed E-state index contributed by atoms with van der Waals surface area (Å²) < 4.78 is 20.2. The second-order valence-electron chi connectivity index (χ2n) is 8.69. The Hall–Kier alpha value is -3.59. The quantitative estimate of drug-likeness (QED) is 0.467. The predicted octanol–water partition coefficient (Wildman–Crippen LogP) is 4.20. The zero-order chi connectivity index (χ0) is 25.7. The minimum atomic E-state index is -0.444. The summed E-state index contributed by atoms with van der Waals surface area (Å²) >= 11 is 1.35. The molecular weight excluding hydrogens is 481 g/mol. The number of likely N-dealkylation sites (tertiary alicyclic amines) is 1. The zero-order valence-corrected chi connectivity index (χ0v) is 21.1. The Morgan fingerprint density at radius 1 is 1.08 bits per heavy atom. The van der Waals surface area contributed by atoms with Gasteiger partial charge in [0, 0.05) is 35.3 Å². The Labute approximate surface area is 212 Å². The highest BCUT2D eigenvalue weighted by Gasteiger charge is 2.28. The zero-order valence-electron chi connectivity index (χ0n) is 20.3. The van der Waals surface area contributed by atoms with Gasteiger partial charge in [-0.15, -0.1) is 11.3 Å². The topological polar surface area (TPSA) is 81.0 Å².